The molecule has 0 radical (unpaired) electrons. The third kappa shape index (κ3) is 4.61. The van der Waals surface area contributed by atoms with Gasteiger partial charge in [-0.15, -0.1) is 0 Å². The van der Waals surface area contributed by atoms with Crippen LogP contribution in [0.1, 0.15) is 37.6 Å². The lowest BCUT2D eigenvalue weighted by molar-refractivity contribution is 0.0735. The van der Waals surface area contributed by atoms with E-state index in [0.717, 1.165) is 38.4 Å². The van der Waals surface area contributed by atoms with E-state index in [9.17, 15) is 9.59 Å². The van der Waals surface area contributed by atoms with E-state index < -0.39 is 11.2 Å². The minimum absolute atomic E-state index is 0.228. The van der Waals surface area contributed by atoms with E-state index >= 15 is 0 Å². The molecule has 0 atom stereocenters. The van der Waals surface area contributed by atoms with Crippen LogP contribution in [0.3, 0.4) is 0 Å². The molecule has 2 heterocycles. The average molecular weight is 484 g/mol. The topological polar surface area (TPSA) is 58.7 Å². The van der Waals surface area contributed by atoms with E-state index in [0.29, 0.717) is 17.5 Å². The lowest BCUT2D eigenvalue weighted by Crippen LogP contribution is -2.46. The summed E-state index contributed by atoms with van der Waals surface area (Å²) in [4.78, 5) is 30.5. The molecular weight excluding hydrogens is 450 g/mol. The predicted molar refractivity (Wildman–Crippen MR) is 145 cm³/mol. The van der Waals surface area contributed by atoms with Crippen LogP contribution >= 0.6 is 0 Å². The number of aromatic nitrogens is 1. The average Bonchev–Trinajstić information content (AvgIpc) is 3.25. The minimum atomic E-state index is -0.639. The Kier molecular flexibility index (Phi) is 6.54. The van der Waals surface area contributed by atoms with E-state index in [1.807, 2.05) is 39.0 Å². The highest BCUT2D eigenvalue weighted by molar-refractivity contribution is 5.96. The number of benzene rings is 3. The third-order valence-electron chi connectivity index (χ3n) is 7.41. The fourth-order valence-corrected chi connectivity index (χ4v) is 4.81. The molecule has 1 saturated heterocycles. The van der Waals surface area contributed by atoms with Crippen molar-refractivity contribution in [2.45, 2.75) is 33.7 Å². The summed E-state index contributed by atoms with van der Waals surface area (Å²) in [6.07, 6.45) is 0.640. The van der Waals surface area contributed by atoms with Gasteiger partial charge >= 0.3 is 5.76 Å². The largest absolute Gasteiger partial charge is 0.426 e. The fourth-order valence-electron chi connectivity index (χ4n) is 4.81. The van der Waals surface area contributed by atoms with Crippen LogP contribution in [0.15, 0.2) is 82.0 Å². The van der Waals surface area contributed by atoms with Crippen molar-refractivity contribution in [3.63, 3.8) is 0 Å². The number of rotatable bonds is 6. The molecule has 1 fully saturated rings. The van der Waals surface area contributed by atoms with Crippen molar-refractivity contribution in [1.82, 2.24) is 9.47 Å². The van der Waals surface area contributed by atoms with E-state index in [2.05, 4.69) is 58.3 Å². The molecule has 0 spiro atoms. The third-order valence-corrected chi connectivity index (χ3v) is 7.41. The summed E-state index contributed by atoms with van der Waals surface area (Å²) < 4.78 is 6.86. The van der Waals surface area contributed by atoms with E-state index in [1.54, 1.807) is 6.07 Å². The number of hydrogen-bond donors (Lipinski definition) is 0. The molecule has 0 amide bonds. The fraction of sp³-hybridized carbons (Fsp3) is 0.333. The lowest BCUT2D eigenvalue weighted by Gasteiger charge is -2.36. The van der Waals surface area contributed by atoms with Gasteiger partial charge in [0.15, 0.2) is 5.58 Å². The van der Waals surface area contributed by atoms with Gasteiger partial charge in [0.1, 0.15) is 5.52 Å². The van der Waals surface area contributed by atoms with Gasteiger partial charge in [-0.05, 0) is 41.3 Å². The molecule has 36 heavy (non-hydrogen) atoms. The quantitative estimate of drug-likeness (QED) is 0.354. The summed E-state index contributed by atoms with van der Waals surface area (Å²) in [6.45, 7) is 10.0. The molecule has 3 aromatic carbocycles. The van der Waals surface area contributed by atoms with Gasteiger partial charge in [-0.25, -0.2) is 9.36 Å². The maximum Gasteiger partial charge on any atom is 0.426 e. The number of piperazine rings is 1. The first-order valence-electron chi connectivity index (χ1n) is 12.7. The van der Waals surface area contributed by atoms with E-state index in [4.69, 9.17) is 4.42 Å². The first kappa shape index (κ1) is 24.1. The normalized spacial score (nSPS) is 14.9. The zero-order valence-corrected chi connectivity index (χ0v) is 21.2. The van der Waals surface area contributed by atoms with E-state index in [-0.39, 0.29) is 5.91 Å². The molecule has 1 aliphatic heterocycles. The molecule has 186 valence electrons. The molecule has 0 bridgehead atoms. The number of para-hydroxylation sites is 1. The van der Waals surface area contributed by atoms with Gasteiger partial charge in [0.25, 0.3) is 0 Å². The molecule has 0 N–H and O–H groups in total. The number of carbonyl (C=O) groups excluding carboxylic acids is 1. The molecule has 0 aliphatic carbocycles. The maximum atomic E-state index is 13.1. The molecule has 0 saturated carbocycles. The van der Waals surface area contributed by atoms with Gasteiger partial charge in [0.05, 0.1) is 5.69 Å². The van der Waals surface area contributed by atoms with Crippen molar-refractivity contribution in [3.8, 4) is 11.1 Å². The number of carbonyl (C=O) groups is 1. The number of oxazole rings is 1. The summed E-state index contributed by atoms with van der Waals surface area (Å²) >= 11 is 0. The highest BCUT2D eigenvalue weighted by atomic mass is 16.4. The summed E-state index contributed by atoms with van der Waals surface area (Å²) in [7, 11) is 0. The number of hydrogen-bond acceptors (Lipinski definition) is 5. The zero-order chi connectivity index (χ0) is 25.3. The summed E-state index contributed by atoms with van der Waals surface area (Å²) in [5.74, 6) is -0.839. The smallest absolute Gasteiger partial charge is 0.405 e. The lowest BCUT2D eigenvalue weighted by atomic mass is 9.89. The Morgan fingerprint density at radius 3 is 2.31 bits per heavy atom. The van der Waals surface area contributed by atoms with Gasteiger partial charge in [-0.3, -0.25) is 9.69 Å². The van der Waals surface area contributed by atoms with Crippen LogP contribution in [0.2, 0.25) is 0 Å². The monoisotopic (exact) mass is 483 g/mol. The SMILES string of the molecule is CCC(C)(C)C(=O)n1c(=O)oc2c(N3CCN(Cc4cccc(-c5ccccc5)c4)CC3)cccc21. The van der Waals surface area contributed by atoms with E-state index in [1.165, 1.54) is 21.3 Å². The van der Waals surface area contributed by atoms with Crippen LogP contribution in [-0.2, 0) is 6.54 Å². The molecule has 5 rings (SSSR count). The van der Waals surface area contributed by atoms with Gasteiger partial charge < -0.3 is 9.32 Å². The van der Waals surface area contributed by atoms with Crippen molar-refractivity contribution >= 4 is 22.7 Å². The number of anilines is 1. The minimum Gasteiger partial charge on any atom is -0.405 e. The van der Waals surface area contributed by atoms with Crippen LogP contribution in [-0.4, -0.2) is 41.6 Å². The number of nitrogens with zero attached hydrogens (tertiary/aromatic N) is 3. The second-order valence-corrected chi connectivity index (χ2v) is 10.2. The van der Waals surface area contributed by atoms with Gasteiger partial charge in [0.2, 0.25) is 5.91 Å². The highest BCUT2D eigenvalue weighted by Crippen LogP contribution is 2.30. The Morgan fingerprint density at radius 2 is 1.58 bits per heavy atom. The highest BCUT2D eigenvalue weighted by Gasteiger charge is 2.31. The zero-order valence-electron chi connectivity index (χ0n) is 21.2. The molecule has 1 aromatic heterocycles. The Labute approximate surface area is 211 Å². The first-order chi connectivity index (χ1) is 17.4. The molecule has 4 aromatic rings. The Bertz CT molecular complexity index is 1430. The van der Waals surface area contributed by atoms with Crippen molar-refractivity contribution in [1.29, 1.82) is 0 Å². The van der Waals surface area contributed by atoms with Gasteiger partial charge in [-0.2, -0.15) is 0 Å². The summed E-state index contributed by atoms with van der Waals surface area (Å²) in [6, 6.07) is 24.9. The summed E-state index contributed by atoms with van der Waals surface area (Å²) in [5.41, 5.74) is 5.03. The second kappa shape index (κ2) is 9.78. The van der Waals surface area contributed by atoms with Gasteiger partial charge in [-0.1, -0.05) is 75.4 Å². The van der Waals surface area contributed by atoms with Crippen molar-refractivity contribution in [2.75, 3.05) is 31.1 Å². The van der Waals surface area contributed by atoms with Crippen LogP contribution < -0.4 is 10.7 Å². The van der Waals surface area contributed by atoms with Crippen molar-refractivity contribution in [3.05, 3.63) is 88.9 Å². The molecule has 1 aliphatic rings. The number of fused-ring (bicyclic) bond motifs is 1. The van der Waals surface area contributed by atoms with Gasteiger partial charge in [0, 0.05) is 38.1 Å². The molecule has 6 heteroatoms. The summed E-state index contributed by atoms with van der Waals surface area (Å²) in [5, 5.41) is 0. The first-order valence-corrected chi connectivity index (χ1v) is 12.7. The maximum absolute atomic E-state index is 13.1. The molecular formula is C30H33N3O3. The van der Waals surface area contributed by atoms with Crippen molar-refractivity contribution < 1.29 is 9.21 Å². The second-order valence-electron chi connectivity index (χ2n) is 10.2. The Hall–Kier alpha value is -3.64. The Morgan fingerprint density at radius 1 is 0.889 bits per heavy atom. The van der Waals surface area contributed by atoms with Crippen molar-refractivity contribution in [2.24, 2.45) is 5.41 Å². The molecule has 0 unspecified atom stereocenters. The van der Waals surface area contributed by atoms with Crippen LogP contribution in [0.25, 0.3) is 22.2 Å². The van der Waals surface area contributed by atoms with Crippen LogP contribution in [0, 0.1) is 5.41 Å². The Balaban J connectivity index is 1.31. The predicted octanol–water partition coefficient (Wildman–Crippen LogP) is 5.66. The molecule has 6 nitrogen and oxygen atoms in total. The van der Waals surface area contributed by atoms with Crippen LogP contribution in [0.5, 0.6) is 0 Å². The van der Waals surface area contributed by atoms with Crippen LogP contribution in [0.4, 0.5) is 5.69 Å². The standard InChI is InChI=1S/C30H33N3O3/c1-4-30(2,3)28(34)33-26-15-9-14-25(27(26)36-29(33)35)32-18-16-31(17-19-32)21-22-10-8-13-24(20-22)23-11-6-5-7-12-23/h5-15,20H,4,16-19,21H2,1-3H3.